The molecule has 1 N–H and O–H groups in total. The highest BCUT2D eigenvalue weighted by Crippen LogP contribution is 2.24. The van der Waals surface area contributed by atoms with E-state index in [4.69, 9.17) is 0 Å². The molecule has 0 spiro atoms. The number of nitrogens with zero attached hydrogens (tertiary/aromatic N) is 1. The first kappa shape index (κ1) is 17.8. The maximum atomic E-state index is 12.3. The van der Waals surface area contributed by atoms with Crippen LogP contribution in [0, 0.1) is 0 Å². The monoisotopic (exact) mass is 369 g/mol. The number of sulfone groups is 1. The molecule has 0 unspecified atom stereocenters. The Morgan fingerprint density at radius 1 is 1.21 bits per heavy atom. The predicted molar refractivity (Wildman–Crippen MR) is 96.9 cm³/mol. The smallest absolute Gasteiger partial charge is 0.232 e. The minimum Gasteiger partial charge on any atom is -0.331 e. The molecule has 24 heavy (non-hydrogen) atoms. The molecule has 2 saturated heterocycles. The largest absolute Gasteiger partial charge is 0.331 e. The van der Waals surface area contributed by atoms with E-state index >= 15 is 0 Å². The first-order chi connectivity index (χ1) is 11.5. The Morgan fingerprint density at radius 2 is 1.92 bits per heavy atom. The number of carbonyl (C=O) groups excluding carboxylic acids is 1. The number of quaternary nitrogens is 1. The van der Waals surface area contributed by atoms with Gasteiger partial charge in [0.1, 0.15) is 6.54 Å². The summed E-state index contributed by atoms with van der Waals surface area (Å²) in [7, 11) is -2.85. The van der Waals surface area contributed by atoms with Crippen molar-refractivity contribution >= 4 is 27.5 Å². The van der Waals surface area contributed by atoms with Gasteiger partial charge in [0.05, 0.1) is 43.4 Å². The van der Waals surface area contributed by atoms with Crippen LogP contribution in [0.5, 0.6) is 0 Å². The second-order valence-corrected chi connectivity index (χ2v) is 10.1. The summed E-state index contributed by atoms with van der Waals surface area (Å²) < 4.78 is 22.9. The summed E-state index contributed by atoms with van der Waals surface area (Å²) in [6.07, 6.45) is 0.690. The van der Waals surface area contributed by atoms with Crippen LogP contribution in [0.1, 0.15) is 12.0 Å². The molecule has 2 aliphatic rings. The highest BCUT2D eigenvalue weighted by atomic mass is 32.2. The fourth-order valence-corrected chi connectivity index (χ4v) is 6.85. The molecule has 0 radical (unpaired) electrons. The average molecular weight is 370 g/mol. The lowest BCUT2D eigenvalue weighted by atomic mass is 10.2. The van der Waals surface area contributed by atoms with Crippen LogP contribution >= 0.6 is 11.8 Å². The van der Waals surface area contributed by atoms with Crippen molar-refractivity contribution in [3.8, 4) is 0 Å². The zero-order chi connectivity index (χ0) is 17.0. The topological polar surface area (TPSA) is 58.9 Å². The van der Waals surface area contributed by atoms with Crippen molar-refractivity contribution in [2.45, 2.75) is 18.2 Å². The Balaban J connectivity index is 1.39. The van der Waals surface area contributed by atoms with E-state index in [1.165, 1.54) is 22.2 Å². The van der Waals surface area contributed by atoms with Crippen molar-refractivity contribution in [2.75, 3.05) is 43.4 Å². The summed E-state index contributed by atoms with van der Waals surface area (Å²) in [5.74, 6) is 1.08. The molecule has 0 aliphatic carbocycles. The Hall–Kier alpha value is -1.05. The van der Waals surface area contributed by atoms with Crippen molar-refractivity contribution in [3.63, 3.8) is 0 Å². The van der Waals surface area contributed by atoms with Crippen molar-refractivity contribution in [1.82, 2.24) is 4.90 Å². The Kier molecular flexibility index (Phi) is 5.84. The second kappa shape index (κ2) is 7.89. The molecule has 1 aromatic rings. The zero-order valence-electron chi connectivity index (χ0n) is 13.8. The van der Waals surface area contributed by atoms with E-state index in [2.05, 4.69) is 24.3 Å². The number of benzene rings is 1. The lowest BCUT2D eigenvalue weighted by molar-refractivity contribution is -0.917. The molecule has 0 saturated carbocycles. The molecule has 0 bridgehead atoms. The highest BCUT2D eigenvalue weighted by molar-refractivity contribution is 8.02. The molecule has 1 atom stereocenters. The van der Waals surface area contributed by atoms with Crippen molar-refractivity contribution in [1.29, 1.82) is 0 Å². The summed E-state index contributed by atoms with van der Waals surface area (Å²) in [6, 6.07) is 10.5. The normalized spacial score (nSPS) is 24.2. The Labute approximate surface area is 148 Å². The minimum absolute atomic E-state index is 0.101. The van der Waals surface area contributed by atoms with Gasteiger partial charge in [0.15, 0.2) is 9.84 Å². The number of thioether (sulfide) groups is 1. The van der Waals surface area contributed by atoms with E-state index in [1.807, 2.05) is 11.0 Å². The van der Waals surface area contributed by atoms with Crippen LogP contribution in [-0.2, 0) is 21.2 Å². The van der Waals surface area contributed by atoms with Crippen LogP contribution in [-0.4, -0.2) is 67.9 Å². The van der Waals surface area contributed by atoms with Gasteiger partial charge in [-0.2, -0.15) is 0 Å². The summed E-state index contributed by atoms with van der Waals surface area (Å²) >= 11 is 1.51. The standard InChI is InChI=1S/C17H24N2O3S2/c20-17(13-23-16-6-11-24(21,22)14-16)19-9-7-18(8-10-19)12-15-4-2-1-3-5-15/h1-5,16H,6-14H2/p+1/t16-/m0/s1. The number of piperazine rings is 1. The van der Waals surface area contributed by atoms with E-state index in [1.54, 1.807) is 0 Å². The van der Waals surface area contributed by atoms with Crippen LogP contribution in [0.2, 0.25) is 0 Å². The number of rotatable bonds is 5. The number of hydrogen-bond acceptors (Lipinski definition) is 4. The van der Waals surface area contributed by atoms with E-state index in [0.717, 1.165) is 32.7 Å². The van der Waals surface area contributed by atoms with E-state index in [9.17, 15) is 13.2 Å². The fraction of sp³-hybridized carbons (Fsp3) is 0.588. The number of amides is 1. The Bertz CT molecular complexity index is 656. The molecule has 2 heterocycles. The number of hydrogen-bond donors (Lipinski definition) is 1. The highest BCUT2D eigenvalue weighted by Gasteiger charge is 2.30. The summed E-state index contributed by atoms with van der Waals surface area (Å²) in [6.45, 7) is 4.55. The molecule has 5 nitrogen and oxygen atoms in total. The lowest BCUT2D eigenvalue weighted by Gasteiger charge is -2.32. The predicted octanol–water partition coefficient (Wildman–Crippen LogP) is -0.166. The van der Waals surface area contributed by atoms with Gasteiger partial charge in [0.2, 0.25) is 5.91 Å². The van der Waals surface area contributed by atoms with Gasteiger partial charge in [-0.3, -0.25) is 4.79 Å². The molecule has 1 amide bonds. The van der Waals surface area contributed by atoms with Gasteiger partial charge in [-0.15, -0.1) is 11.8 Å². The van der Waals surface area contributed by atoms with E-state index in [0.29, 0.717) is 12.2 Å². The molecule has 0 aromatic heterocycles. The van der Waals surface area contributed by atoms with Gasteiger partial charge in [-0.25, -0.2) is 8.42 Å². The maximum Gasteiger partial charge on any atom is 0.232 e. The van der Waals surface area contributed by atoms with Crippen LogP contribution in [0.25, 0.3) is 0 Å². The van der Waals surface area contributed by atoms with Gasteiger partial charge in [-0.1, -0.05) is 30.3 Å². The zero-order valence-corrected chi connectivity index (χ0v) is 15.4. The molecule has 3 rings (SSSR count). The van der Waals surface area contributed by atoms with Gasteiger partial charge < -0.3 is 9.80 Å². The Morgan fingerprint density at radius 3 is 2.54 bits per heavy atom. The van der Waals surface area contributed by atoms with Crippen LogP contribution in [0.4, 0.5) is 0 Å². The first-order valence-corrected chi connectivity index (χ1v) is 11.4. The third-order valence-electron chi connectivity index (χ3n) is 4.75. The van der Waals surface area contributed by atoms with Gasteiger partial charge in [0.25, 0.3) is 0 Å². The third kappa shape index (κ3) is 4.97. The second-order valence-electron chi connectivity index (χ2n) is 6.63. The molecule has 1 aromatic carbocycles. The molecular weight excluding hydrogens is 344 g/mol. The lowest BCUT2D eigenvalue weighted by Crippen LogP contribution is -3.13. The van der Waals surface area contributed by atoms with Crippen LogP contribution in [0.15, 0.2) is 30.3 Å². The van der Waals surface area contributed by atoms with E-state index < -0.39 is 9.84 Å². The van der Waals surface area contributed by atoms with Crippen molar-refractivity contribution in [3.05, 3.63) is 35.9 Å². The molecule has 2 fully saturated rings. The van der Waals surface area contributed by atoms with Crippen LogP contribution < -0.4 is 4.90 Å². The first-order valence-electron chi connectivity index (χ1n) is 8.49. The fourth-order valence-electron chi connectivity index (χ4n) is 3.31. The number of nitrogens with one attached hydrogen (secondary N) is 1. The van der Waals surface area contributed by atoms with Gasteiger partial charge in [-0.05, 0) is 6.42 Å². The third-order valence-corrected chi connectivity index (χ3v) is 8.02. The minimum atomic E-state index is -2.85. The maximum absolute atomic E-state index is 12.3. The summed E-state index contributed by atoms with van der Waals surface area (Å²) in [4.78, 5) is 15.8. The molecule has 7 heteroatoms. The van der Waals surface area contributed by atoms with Gasteiger partial charge in [0, 0.05) is 10.8 Å². The van der Waals surface area contributed by atoms with Crippen LogP contribution in [0.3, 0.4) is 0 Å². The quantitative estimate of drug-likeness (QED) is 0.783. The number of carbonyl (C=O) groups is 1. The van der Waals surface area contributed by atoms with Crippen molar-refractivity contribution < 1.29 is 18.1 Å². The molecule has 2 aliphatic heterocycles. The SMILES string of the molecule is O=C(CS[C@H]1CCS(=O)(=O)C1)N1CC[NH+](Cc2ccccc2)CC1. The summed E-state index contributed by atoms with van der Waals surface area (Å²) in [5.41, 5.74) is 1.34. The molecule has 132 valence electrons. The average Bonchev–Trinajstić information content (AvgIpc) is 2.93. The van der Waals surface area contributed by atoms with Gasteiger partial charge >= 0.3 is 0 Å². The van der Waals surface area contributed by atoms with E-state index in [-0.39, 0.29) is 22.7 Å². The summed E-state index contributed by atoms with van der Waals surface area (Å²) in [5, 5.41) is 0.101. The molecular formula is C17H25N2O3S2+. The van der Waals surface area contributed by atoms with Crippen molar-refractivity contribution in [2.24, 2.45) is 0 Å².